The lowest BCUT2D eigenvalue weighted by atomic mass is 10.1. The summed E-state index contributed by atoms with van der Waals surface area (Å²) in [4.78, 5) is 31.1. The number of rotatable bonds is 3. The van der Waals surface area contributed by atoms with E-state index < -0.39 is 23.7 Å². The molecule has 2 rings (SSSR count). The lowest BCUT2D eigenvalue weighted by Crippen LogP contribution is -2.41. The summed E-state index contributed by atoms with van der Waals surface area (Å²) >= 11 is 0. The van der Waals surface area contributed by atoms with Crippen LogP contribution in [0.5, 0.6) is 0 Å². The predicted octanol–water partition coefficient (Wildman–Crippen LogP) is 1.70. The first-order chi connectivity index (χ1) is 11.2. The van der Waals surface area contributed by atoms with Gasteiger partial charge in [0, 0.05) is 32.1 Å². The zero-order valence-electron chi connectivity index (χ0n) is 13.2. The SMILES string of the molecule is COC(=O)c1cc(NC2CCN(C(C)=O)CC2)nc(C(F)(F)F)n1. The average Bonchev–Trinajstić information content (AvgIpc) is 2.53. The van der Waals surface area contributed by atoms with Gasteiger partial charge in [-0.3, -0.25) is 4.79 Å². The predicted molar refractivity (Wildman–Crippen MR) is 77.3 cm³/mol. The van der Waals surface area contributed by atoms with Gasteiger partial charge in [0.25, 0.3) is 0 Å². The van der Waals surface area contributed by atoms with Crippen LogP contribution < -0.4 is 5.32 Å². The van der Waals surface area contributed by atoms with E-state index in [1.165, 1.54) is 6.92 Å². The van der Waals surface area contributed by atoms with Crippen molar-refractivity contribution in [2.45, 2.75) is 32.0 Å². The largest absolute Gasteiger partial charge is 0.464 e. The molecule has 1 N–H and O–H groups in total. The summed E-state index contributed by atoms with van der Waals surface area (Å²) in [7, 11) is 1.06. The molecular weight excluding hydrogens is 329 g/mol. The second-order valence-corrected chi connectivity index (χ2v) is 5.38. The molecule has 0 spiro atoms. The third-order valence-corrected chi connectivity index (χ3v) is 3.67. The molecule has 7 nitrogen and oxygen atoms in total. The Bertz CT molecular complexity index is 628. The van der Waals surface area contributed by atoms with E-state index in [0.29, 0.717) is 25.9 Å². The minimum atomic E-state index is -4.78. The van der Waals surface area contributed by atoms with Gasteiger partial charge >= 0.3 is 12.1 Å². The lowest BCUT2D eigenvalue weighted by Gasteiger charge is -2.32. The summed E-state index contributed by atoms with van der Waals surface area (Å²) < 4.78 is 43.1. The Morgan fingerprint density at radius 1 is 1.29 bits per heavy atom. The van der Waals surface area contributed by atoms with Crippen LogP contribution in [0.2, 0.25) is 0 Å². The van der Waals surface area contributed by atoms with Crippen LogP contribution in [0, 0.1) is 0 Å². The number of halogens is 3. The molecule has 0 unspecified atom stereocenters. The second-order valence-electron chi connectivity index (χ2n) is 5.38. The Kier molecular flexibility index (Phi) is 5.25. The van der Waals surface area contributed by atoms with E-state index in [-0.39, 0.29) is 17.8 Å². The molecule has 10 heteroatoms. The van der Waals surface area contributed by atoms with Crippen molar-refractivity contribution in [1.29, 1.82) is 0 Å². The Morgan fingerprint density at radius 2 is 1.92 bits per heavy atom. The van der Waals surface area contributed by atoms with E-state index in [4.69, 9.17) is 0 Å². The van der Waals surface area contributed by atoms with Crippen LogP contribution in [0.4, 0.5) is 19.0 Å². The summed E-state index contributed by atoms with van der Waals surface area (Å²) in [5, 5.41) is 2.88. The van der Waals surface area contributed by atoms with Gasteiger partial charge in [-0.05, 0) is 12.8 Å². The minimum Gasteiger partial charge on any atom is -0.464 e. The number of alkyl halides is 3. The average molecular weight is 346 g/mol. The maximum Gasteiger partial charge on any atom is 0.451 e. The molecule has 132 valence electrons. The number of likely N-dealkylation sites (tertiary alicyclic amines) is 1. The molecule has 1 aromatic rings. The Balaban J connectivity index is 2.17. The summed E-state index contributed by atoms with van der Waals surface area (Å²) in [6.45, 7) is 2.48. The van der Waals surface area contributed by atoms with Crippen LogP contribution in [0.3, 0.4) is 0 Å². The van der Waals surface area contributed by atoms with Gasteiger partial charge in [-0.15, -0.1) is 0 Å². The fourth-order valence-electron chi connectivity index (χ4n) is 2.40. The molecule has 2 heterocycles. The molecular formula is C14H17F3N4O3. The van der Waals surface area contributed by atoms with Gasteiger partial charge in [-0.2, -0.15) is 13.2 Å². The van der Waals surface area contributed by atoms with E-state index in [2.05, 4.69) is 20.0 Å². The smallest absolute Gasteiger partial charge is 0.451 e. The van der Waals surface area contributed by atoms with Crippen LogP contribution in [0.25, 0.3) is 0 Å². The Morgan fingerprint density at radius 3 is 2.42 bits per heavy atom. The number of aromatic nitrogens is 2. The highest BCUT2D eigenvalue weighted by atomic mass is 19.4. The van der Waals surface area contributed by atoms with Gasteiger partial charge in [-0.25, -0.2) is 14.8 Å². The van der Waals surface area contributed by atoms with E-state index in [1.807, 2.05) is 0 Å². The monoisotopic (exact) mass is 346 g/mol. The number of hydrogen-bond acceptors (Lipinski definition) is 6. The maximum atomic E-state index is 12.9. The van der Waals surface area contributed by atoms with Gasteiger partial charge in [0.1, 0.15) is 5.82 Å². The standard InChI is InChI=1S/C14H17F3N4O3/c1-8(22)21-5-3-9(4-6-21)18-11-7-10(12(23)24-2)19-13(20-11)14(15,16)17/h7,9H,3-6H2,1-2H3,(H,18,19,20). The van der Waals surface area contributed by atoms with Crippen molar-refractivity contribution in [3.8, 4) is 0 Å². The highest BCUT2D eigenvalue weighted by Crippen LogP contribution is 2.28. The molecule has 1 amide bonds. The number of ether oxygens (including phenoxy) is 1. The third kappa shape index (κ3) is 4.33. The number of methoxy groups -OCH3 is 1. The molecule has 1 fully saturated rings. The van der Waals surface area contributed by atoms with Crippen molar-refractivity contribution >= 4 is 17.7 Å². The number of anilines is 1. The van der Waals surface area contributed by atoms with E-state index in [1.54, 1.807) is 4.90 Å². The zero-order chi connectivity index (χ0) is 17.9. The van der Waals surface area contributed by atoms with E-state index >= 15 is 0 Å². The quantitative estimate of drug-likeness (QED) is 0.839. The summed E-state index contributed by atoms with van der Waals surface area (Å²) in [6.07, 6.45) is -3.64. The van der Waals surface area contributed by atoms with Gasteiger partial charge in [0.2, 0.25) is 11.7 Å². The molecule has 1 aliphatic heterocycles. The molecule has 24 heavy (non-hydrogen) atoms. The Hall–Kier alpha value is -2.39. The van der Waals surface area contributed by atoms with Crippen LogP contribution in [0.15, 0.2) is 6.07 Å². The third-order valence-electron chi connectivity index (χ3n) is 3.67. The minimum absolute atomic E-state index is 0.0391. The molecule has 0 aromatic carbocycles. The summed E-state index contributed by atoms with van der Waals surface area (Å²) in [5.74, 6) is -2.52. The van der Waals surface area contributed by atoms with Crippen LogP contribution in [0.1, 0.15) is 36.1 Å². The number of carbonyl (C=O) groups excluding carboxylic acids is 2. The highest BCUT2D eigenvalue weighted by Gasteiger charge is 2.36. The van der Waals surface area contributed by atoms with Gasteiger partial charge < -0.3 is 15.0 Å². The van der Waals surface area contributed by atoms with Gasteiger partial charge in [0.15, 0.2) is 5.69 Å². The number of hydrogen-bond donors (Lipinski definition) is 1. The molecule has 0 saturated carbocycles. The van der Waals surface area contributed by atoms with E-state index in [9.17, 15) is 22.8 Å². The van der Waals surface area contributed by atoms with Crippen molar-refractivity contribution < 1.29 is 27.5 Å². The fraction of sp³-hybridized carbons (Fsp3) is 0.571. The second kappa shape index (κ2) is 7.02. The van der Waals surface area contributed by atoms with Crippen LogP contribution in [-0.2, 0) is 15.7 Å². The maximum absolute atomic E-state index is 12.9. The zero-order valence-corrected chi connectivity index (χ0v) is 13.2. The van der Waals surface area contributed by atoms with Crippen molar-refractivity contribution in [3.63, 3.8) is 0 Å². The number of carbonyl (C=O) groups is 2. The molecule has 1 aliphatic rings. The first-order valence-electron chi connectivity index (χ1n) is 7.27. The van der Waals surface area contributed by atoms with E-state index in [0.717, 1.165) is 13.2 Å². The number of piperidine rings is 1. The molecule has 0 aliphatic carbocycles. The number of esters is 1. The molecule has 1 saturated heterocycles. The first kappa shape index (κ1) is 18.0. The van der Waals surface area contributed by atoms with Gasteiger partial charge in [-0.1, -0.05) is 0 Å². The van der Waals surface area contributed by atoms with Crippen LogP contribution >= 0.6 is 0 Å². The molecule has 0 atom stereocenters. The fourth-order valence-corrected chi connectivity index (χ4v) is 2.40. The number of amides is 1. The molecule has 0 bridgehead atoms. The normalized spacial score (nSPS) is 16.0. The molecule has 0 radical (unpaired) electrons. The summed E-state index contributed by atoms with van der Waals surface area (Å²) in [5.41, 5.74) is -0.469. The summed E-state index contributed by atoms with van der Waals surface area (Å²) in [6, 6.07) is 0.973. The molecule has 1 aromatic heterocycles. The van der Waals surface area contributed by atoms with Gasteiger partial charge in [0.05, 0.1) is 7.11 Å². The van der Waals surface area contributed by atoms with Crippen molar-refractivity contribution in [1.82, 2.24) is 14.9 Å². The van der Waals surface area contributed by atoms with Crippen molar-refractivity contribution in [3.05, 3.63) is 17.6 Å². The number of nitrogens with zero attached hydrogens (tertiary/aromatic N) is 3. The van der Waals surface area contributed by atoms with Crippen molar-refractivity contribution in [2.75, 3.05) is 25.5 Å². The lowest BCUT2D eigenvalue weighted by molar-refractivity contribution is -0.145. The number of nitrogens with one attached hydrogen (secondary N) is 1. The topological polar surface area (TPSA) is 84.4 Å². The van der Waals surface area contributed by atoms with Crippen molar-refractivity contribution in [2.24, 2.45) is 0 Å². The van der Waals surface area contributed by atoms with Crippen LogP contribution in [-0.4, -0.2) is 53.0 Å². The highest BCUT2D eigenvalue weighted by molar-refractivity contribution is 5.87. The first-order valence-corrected chi connectivity index (χ1v) is 7.27. The Labute approximate surface area is 136 Å².